The topological polar surface area (TPSA) is 35.6 Å². The van der Waals surface area contributed by atoms with E-state index >= 15 is 0 Å². The van der Waals surface area contributed by atoms with E-state index in [2.05, 4.69) is 22.2 Å². The summed E-state index contributed by atoms with van der Waals surface area (Å²) in [6.07, 6.45) is -5.30. The zero-order valence-electron chi connectivity index (χ0n) is 22.0. The highest BCUT2D eigenvalue weighted by Crippen LogP contribution is 2.36. The quantitative estimate of drug-likeness (QED) is 0.367. The number of nitrogens with one attached hydrogen (secondary N) is 1. The Labute approximate surface area is 225 Å². The number of likely N-dealkylation sites (tertiary alicyclic amines) is 1. The second kappa shape index (κ2) is 12.3. The van der Waals surface area contributed by atoms with Crippen molar-refractivity contribution in [1.82, 2.24) is 15.1 Å². The fraction of sp³-hybridized carbons (Fsp3) is 0.552. The number of amides is 1. The van der Waals surface area contributed by atoms with Gasteiger partial charge in [0.1, 0.15) is 0 Å². The zero-order chi connectivity index (χ0) is 28.2. The molecule has 1 unspecified atom stereocenters. The van der Waals surface area contributed by atoms with Gasteiger partial charge in [-0.1, -0.05) is 30.3 Å². The SMILES string of the molecule is CN(CC1CC1)C1CCN(CC(C(=O)NCCc2cc(C(F)(F)F)cc(C(F)(F)F)c2)c2ccccc2)CC1. The summed E-state index contributed by atoms with van der Waals surface area (Å²) in [7, 11) is 2.18. The standard InChI is InChI=1S/C29H35F6N3O/c1-37(18-20-7-8-20)25-10-13-38(14-11-25)19-26(22-5-3-2-4-6-22)27(39)36-12-9-21-15-23(28(30,31)32)17-24(16-21)29(33,34)35/h2-6,15-17,20,25-26H,7-14,18-19H2,1H3,(H,36,39). The lowest BCUT2D eigenvalue weighted by Gasteiger charge is -2.38. The van der Waals surface area contributed by atoms with Crippen LogP contribution >= 0.6 is 0 Å². The normalized spacial score (nSPS) is 18.4. The molecule has 0 radical (unpaired) electrons. The van der Waals surface area contributed by atoms with Gasteiger partial charge in [0, 0.05) is 25.7 Å². The molecule has 4 rings (SSSR count). The van der Waals surface area contributed by atoms with Crippen molar-refractivity contribution in [2.75, 3.05) is 39.8 Å². The smallest absolute Gasteiger partial charge is 0.355 e. The van der Waals surface area contributed by atoms with Crippen molar-refractivity contribution < 1.29 is 31.1 Å². The van der Waals surface area contributed by atoms with Crippen LogP contribution in [0.5, 0.6) is 0 Å². The van der Waals surface area contributed by atoms with E-state index in [9.17, 15) is 31.1 Å². The fourth-order valence-corrected chi connectivity index (χ4v) is 5.30. The number of carbonyl (C=O) groups excluding carboxylic acids is 1. The molecule has 1 atom stereocenters. The van der Waals surface area contributed by atoms with E-state index in [-0.39, 0.29) is 30.5 Å². The van der Waals surface area contributed by atoms with E-state index in [0.717, 1.165) is 44.0 Å². The van der Waals surface area contributed by atoms with Crippen LogP contribution < -0.4 is 5.32 Å². The van der Waals surface area contributed by atoms with Crippen LogP contribution in [0.1, 0.15) is 53.9 Å². The van der Waals surface area contributed by atoms with Gasteiger partial charge in [-0.3, -0.25) is 4.79 Å². The minimum atomic E-state index is -4.90. The maximum Gasteiger partial charge on any atom is 0.416 e. The number of halogens is 6. The van der Waals surface area contributed by atoms with Crippen molar-refractivity contribution in [2.45, 2.75) is 56.4 Å². The molecule has 2 aromatic rings. The number of benzene rings is 2. The average molecular weight is 556 g/mol. The molecular weight excluding hydrogens is 520 g/mol. The maximum absolute atomic E-state index is 13.3. The van der Waals surface area contributed by atoms with Gasteiger partial charge in [0.05, 0.1) is 17.0 Å². The molecule has 1 aliphatic carbocycles. The summed E-state index contributed by atoms with van der Waals surface area (Å²) >= 11 is 0. The summed E-state index contributed by atoms with van der Waals surface area (Å²) in [5.41, 5.74) is -2.02. The predicted octanol–water partition coefficient (Wildman–Crippen LogP) is 5.97. The van der Waals surface area contributed by atoms with Crippen molar-refractivity contribution in [1.29, 1.82) is 0 Å². The lowest BCUT2D eigenvalue weighted by Crippen LogP contribution is -2.46. The van der Waals surface area contributed by atoms with Crippen LogP contribution in [0.3, 0.4) is 0 Å². The fourth-order valence-electron chi connectivity index (χ4n) is 5.30. The first-order valence-corrected chi connectivity index (χ1v) is 13.4. The molecule has 39 heavy (non-hydrogen) atoms. The summed E-state index contributed by atoms with van der Waals surface area (Å²) in [4.78, 5) is 18.0. The number of alkyl halides is 6. The summed E-state index contributed by atoms with van der Waals surface area (Å²) < 4.78 is 79.1. The third kappa shape index (κ3) is 8.45. The van der Waals surface area contributed by atoms with E-state index in [1.54, 1.807) is 0 Å². The molecule has 1 aliphatic heterocycles. The number of nitrogens with zero attached hydrogens (tertiary/aromatic N) is 2. The van der Waals surface area contributed by atoms with Crippen molar-refractivity contribution in [3.63, 3.8) is 0 Å². The van der Waals surface area contributed by atoms with E-state index in [1.807, 2.05) is 30.3 Å². The van der Waals surface area contributed by atoms with E-state index in [1.165, 1.54) is 12.8 Å². The van der Waals surface area contributed by atoms with Gasteiger partial charge < -0.3 is 15.1 Å². The van der Waals surface area contributed by atoms with Gasteiger partial charge in [-0.2, -0.15) is 26.3 Å². The van der Waals surface area contributed by atoms with Gasteiger partial charge >= 0.3 is 12.4 Å². The van der Waals surface area contributed by atoms with Crippen molar-refractivity contribution in [3.05, 3.63) is 70.8 Å². The Morgan fingerprint density at radius 3 is 2.08 bits per heavy atom. The summed E-state index contributed by atoms with van der Waals surface area (Å²) in [5.74, 6) is 0.0339. The van der Waals surface area contributed by atoms with Gasteiger partial charge in [0.25, 0.3) is 0 Å². The Morgan fingerprint density at radius 1 is 0.949 bits per heavy atom. The number of piperidine rings is 1. The zero-order valence-corrected chi connectivity index (χ0v) is 22.0. The number of hydrogen-bond acceptors (Lipinski definition) is 3. The molecule has 1 saturated carbocycles. The lowest BCUT2D eigenvalue weighted by molar-refractivity contribution is -0.143. The minimum Gasteiger partial charge on any atom is -0.355 e. The molecule has 214 valence electrons. The molecule has 1 amide bonds. The van der Waals surface area contributed by atoms with Crippen LogP contribution in [0.15, 0.2) is 48.5 Å². The second-order valence-electron chi connectivity index (χ2n) is 10.8. The monoisotopic (exact) mass is 555 g/mol. The number of rotatable bonds is 10. The van der Waals surface area contributed by atoms with Crippen molar-refractivity contribution >= 4 is 5.91 Å². The van der Waals surface area contributed by atoms with Crippen LogP contribution in [0.25, 0.3) is 0 Å². The third-order valence-corrected chi connectivity index (χ3v) is 7.74. The molecule has 1 saturated heterocycles. The highest BCUT2D eigenvalue weighted by Gasteiger charge is 2.37. The summed E-state index contributed by atoms with van der Waals surface area (Å²) in [6, 6.07) is 11.3. The highest BCUT2D eigenvalue weighted by molar-refractivity contribution is 5.83. The minimum absolute atomic E-state index is 0.0746. The first kappa shape index (κ1) is 29.4. The largest absolute Gasteiger partial charge is 0.416 e. The third-order valence-electron chi connectivity index (χ3n) is 7.74. The number of carbonyl (C=O) groups is 1. The van der Waals surface area contributed by atoms with Crippen LogP contribution in [0, 0.1) is 5.92 Å². The van der Waals surface area contributed by atoms with E-state index in [0.29, 0.717) is 24.7 Å². The molecular formula is C29H35F6N3O. The molecule has 1 heterocycles. The Hall–Kier alpha value is -2.59. The van der Waals surface area contributed by atoms with Crippen LogP contribution in [-0.4, -0.2) is 61.5 Å². The Bertz CT molecular complexity index is 1060. The van der Waals surface area contributed by atoms with Gasteiger partial charge in [-0.25, -0.2) is 0 Å². The molecule has 0 bridgehead atoms. The van der Waals surface area contributed by atoms with Gasteiger partial charge in [0.2, 0.25) is 5.91 Å². The summed E-state index contributed by atoms with van der Waals surface area (Å²) in [5, 5.41) is 2.75. The lowest BCUT2D eigenvalue weighted by atomic mass is 9.95. The van der Waals surface area contributed by atoms with Crippen LogP contribution in [0.4, 0.5) is 26.3 Å². The second-order valence-corrected chi connectivity index (χ2v) is 10.8. The number of hydrogen-bond donors (Lipinski definition) is 1. The molecule has 10 heteroatoms. The average Bonchev–Trinajstić information content (AvgIpc) is 3.71. The molecule has 1 N–H and O–H groups in total. The summed E-state index contributed by atoms with van der Waals surface area (Å²) in [6.45, 7) is 3.28. The van der Waals surface area contributed by atoms with Gasteiger partial charge in [0.15, 0.2) is 0 Å². The predicted molar refractivity (Wildman–Crippen MR) is 137 cm³/mol. The van der Waals surface area contributed by atoms with Gasteiger partial charge in [-0.15, -0.1) is 0 Å². The van der Waals surface area contributed by atoms with E-state index in [4.69, 9.17) is 0 Å². The van der Waals surface area contributed by atoms with Gasteiger partial charge in [-0.05, 0) is 87.5 Å². The Kier molecular flexibility index (Phi) is 9.26. The molecule has 0 spiro atoms. The maximum atomic E-state index is 13.3. The molecule has 0 aromatic heterocycles. The Morgan fingerprint density at radius 2 is 1.54 bits per heavy atom. The molecule has 2 aliphatic rings. The van der Waals surface area contributed by atoms with Crippen LogP contribution in [0.2, 0.25) is 0 Å². The molecule has 2 aromatic carbocycles. The molecule has 2 fully saturated rings. The molecule has 4 nitrogen and oxygen atoms in total. The van der Waals surface area contributed by atoms with E-state index < -0.39 is 29.4 Å². The Balaban J connectivity index is 1.37. The van der Waals surface area contributed by atoms with Crippen LogP contribution in [-0.2, 0) is 23.6 Å². The highest BCUT2D eigenvalue weighted by atomic mass is 19.4. The first-order chi connectivity index (χ1) is 18.4. The van der Waals surface area contributed by atoms with Crippen molar-refractivity contribution in [2.24, 2.45) is 5.92 Å². The van der Waals surface area contributed by atoms with Crippen molar-refractivity contribution in [3.8, 4) is 0 Å². The first-order valence-electron chi connectivity index (χ1n) is 13.4.